The maximum Gasteiger partial charge on any atom is 0.245 e. The molecule has 0 fully saturated rings. The number of unbranched alkanes of at least 4 members (excludes halogenated alkanes) is 2. The second-order valence-corrected chi connectivity index (χ2v) is 10.7. The molecule has 0 unspecified atom stereocenters. The Morgan fingerprint density at radius 1 is 0.950 bits per heavy atom. The van der Waals surface area contributed by atoms with Crippen LogP contribution in [0.3, 0.4) is 0 Å². The molecule has 208 valence electrons. The van der Waals surface area contributed by atoms with Crippen LogP contribution in [-0.2, 0) is 4.79 Å². The number of nitrogens with one attached hydrogen (secondary N) is 1. The quantitative estimate of drug-likeness (QED) is 0.113. The van der Waals surface area contributed by atoms with Gasteiger partial charge in [-0.3, -0.25) is 9.89 Å². The molecular weight excluding hydrogens is 494 g/mol. The van der Waals surface area contributed by atoms with Gasteiger partial charge < -0.3 is 9.64 Å². The minimum absolute atomic E-state index is 0.0215. The normalized spacial score (nSPS) is 12.2. The number of aromatic nitrogens is 2. The first-order chi connectivity index (χ1) is 19.4. The van der Waals surface area contributed by atoms with E-state index in [1.54, 1.807) is 25.1 Å². The van der Waals surface area contributed by atoms with Gasteiger partial charge in [-0.25, -0.2) is 0 Å². The minimum Gasteiger partial charge on any atom is -0.494 e. The van der Waals surface area contributed by atoms with Crippen molar-refractivity contribution in [2.24, 2.45) is 0 Å². The van der Waals surface area contributed by atoms with Crippen molar-refractivity contribution >= 4 is 28.0 Å². The summed E-state index contributed by atoms with van der Waals surface area (Å²) in [4.78, 5) is 13.2. The maximum atomic E-state index is 11.6. The summed E-state index contributed by atoms with van der Waals surface area (Å²) in [6.07, 6.45) is 9.15. The van der Waals surface area contributed by atoms with E-state index in [1.165, 1.54) is 27.8 Å². The zero-order valence-corrected chi connectivity index (χ0v) is 24.4. The van der Waals surface area contributed by atoms with Crippen molar-refractivity contribution in [3.05, 3.63) is 107 Å². The predicted molar refractivity (Wildman–Crippen MR) is 166 cm³/mol. The first-order valence-electron chi connectivity index (χ1n) is 14.3. The van der Waals surface area contributed by atoms with Gasteiger partial charge in [0.25, 0.3) is 0 Å². The summed E-state index contributed by atoms with van der Waals surface area (Å²) in [6.45, 7) is 7.33. The highest BCUT2D eigenvalue weighted by atomic mass is 16.5. The minimum atomic E-state index is 0.0215. The molecule has 1 aromatic heterocycles. The largest absolute Gasteiger partial charge is 0.494 e. The molecule has 0 saturated carbocycles. The van der Waals surface area contributed by atoms with Crippen LogP contribution in [0.25, 0.3) is 22.0 Å². The van der Waals surface area contributed by atoms with E-state index in [4.69, 9.17) is 4.74 Å². The number of carbonyl (C=O) groups excluding carboxylic acids is 1. The molecule has 0 spiro atoms. The lowest BCUT2D eigenvalue weighted by molar-refractivity contribution is -0.123. The van der Waals surface area contributed by atoms with Crippen molar-refractivity contribution in [1.82, 2.24) is 15.1 Å². The summed E-state index contributed by atoms with van der Waals surface area (Å²) in [7, 11) is 3.52. The van der Waals surface area contributed by atoms with Crippen LogP contribution >= 0.6 is 0 Å². The standard InChI is InChI=1S/C35H41N3O2/c1-6-32(27-14-12-26(13-15-27)25(2)3)35(29-18-21-33-30(23-29)24-36-37-33)28-16-19-31(20-17-28)40-22-10-8-7-9-11-34(39)38(4)5/h9,11-21,23-25H,6-8,10,22H2,1-5H3,(H,36,37)/b11-9+,35-32+. The second kappa shape index (κ2) is 13.8. The van der Waals surface area contributed by atoms with Gasteiger partial charge in [-0.2, -0.15) is 5.10 Å². The average molecular weight is 536 g/mol. The summed E-state index contributed by atoms with van der Waals surface area (Å²) in [5.41, 5.74) is 8.51. The number of nitrogens with zero attached hydrogens (tertiary/aromatic N) is 2. The van der Waals surface area contributed by atoms with E-state index in [9.17, 15) is 4.79 Å². The van der Waals surface area contributed by atoms with Gasteiger partial charge in [-0.15, -0.1) is 0 Å². The Balaban J connectivity index is 1.54. The van der Waals surface area contributed by atoms with Crippen molar-refractivity contribution in [3.8, 4) is 5.75 Å². The van der Waals surface area contributed by atoms with Crippen LogP contribution in [0, 0.1) is 0 Å². The van der Waals surface area contributed by atoms with E-state index in [1.807, 2.05) is 12.3 Å². The first-order valence-corrected chi connectivity index (χ1v) is 14.3. The number of hydrogen-bond acceptors (Lipinski definition) is 3. The molecular formula is C35H41N3O2. The van der Waals surface area contributed by atoms with Gasteiger partial charge in [0.15, 0.2) is 0 Å². The summed E-state index contributed by atoms with van der Waals surface area (Å²) in [5.74, 6) is 1.39. The number of benzene rings is 3. The molecule has 4 rings (SSSR count). The fourth-order valence-corrected chi connectivity index (χ4v) is 4.81. The predicted octanol–water partition coefficient (Wildman–Crippen LogP) is 8.25. The fraction of sp³-hybridized carbons (Fsp3) is 0.314. The number of rotatable bonds is 12. The summed E-state index contributed by atoms with van der Waals surface area (Å²) < 4.78 is 6.04. The zero-order valence-electron chi connectivity index (χ0n) is 24.4. The van der Waals surface area contributed by atoms with E-state index in [0.29, 0.717) is 12.5 Å². The number of fused-ring (bicyclic) bond motifs is 1. The molecule has 4 aromatic rings. The van der Waals surface area contributed by atoms with Crippen molar-refractivity contribution in [1.29, 1.82) is 0 Å². The van der Waals surface area contributed by atoms with Gasteiger partial charge >= 0.3 is 0 Å². The Hall–Kier alpha value is -4.12. The van der Waals surface area contributed by atoms with Crippen molar-refractivity contribution in [2.45, 2.75) is 52.4 Å². The Bertz CT molecular complexity index is 1460. The number of aromatic amines is 1. The third-order valence-corrected chi connectivity index (χ3v) is 7.19. The van der Waals surface area contributed by atoms with Crippen LogP contribution in [0.15, 0.2) is 85.1 Å². The van der Waals surface area contributed by atoms with Crippen LogP contribution in [0.5, 0.6) is 5.75 Å². The molecule has 0 atom stereocenters. The van der Waals surface area contributed by atoms with Crippen molar-refractivity contribution in [3.63, 3.8) is 0 Å². The monoisotopic (exact) mass is 535 g/mol. The van der Waals surface area contributed by atoms with E-state index < -0.39 is 0 Å². The highest BCUT2D eigenvalue weighted by molar-refractivity contribution is 6.00. The zero-order chi connectivity index (χ0) is 28.5. The topological polar surface area (TPSA) is 58.2 Å². The highest BCUT2D eigenvalue weighted by Crippen LogP contribution is 2.36. The molecule has 0 aliphatic carbocycles. The third-order valence-electron chi connectivity index (χ3n) is 7.19. The number of H-pyrrole nitrogens is 1. The number of ether oxygens (including phenoxy) is 1. The van der Waals surface area contributed by atoms with Crippen LogP contribution in [-0.4, -0.2) is 41.7 Å². The molecule has 5 heteroatoms. The van der Waals surface area contributed by atoms with Gasteiger partial charge in [0.1, 0.15) is 5.75 Å². The van der Waals surface area contributed by atoms with E-state index >= 15 is 0 Å². The lowest BCUT2D eigenvalue weighted by Crippen LogP contribution is -2.18. The number of likely N-dealkylation sites (N-methyl/N-ethyl adjacent to an activating group) is 1. The van der Waals surface area contributed by atoms with Crippen LogP contribution in [0.1, 0.15) is 74.6 Å². The SMILES string of the molecule is CC/C(=C(/c1ccc(OCCCC/C=C/C(=O)N(C)C)cc1)c1ccc2[nH]ncc2c1)c1ccc(C(C)C)cc1. The molecule has 0 aliphatic rings. The number of allylic oxidation sites excluding steroid dienone is 2. The third kappa shape index (κ3) is 7.29. The second-order valence-electron chi connectivity index (χ2n) is 10.7. The summed E-state index contributed by atoms with van der Waals surface area (Å²) >= 11 is 0. The lowest BCUT2D eigenvalue weighted by Gasteiger charge is -2.18. The molecule has 40 heavy (non-hydrogen) atoms. The average Bonchev–Trinajstić information content (AvgIpc) is 3.44. The highest BCUT2D eigenvalue weighted by Gasteiger charge is 2.15. The van der Waals surface area contributed by atoms with Gasteiger partial charge in [-0.1, -0.05) is 69.3 Å². The molecule has 0 bridgehead atoms. The number of carbonyl (C=O) groups is 1. The Morgan fingerprint density at radius 3 is 2.33 bits per heavy atom. The lowest BCUT2D eigenvalue weighted by atomic mass is 9.87. The molecule has 1 heterocycles. The number of hydrogen-bond donors (Lipinski definition) is 1. The van der Waals surface area contributed by atoms with Crippen molar-refractivity contribution < 1.29 is 9.53 Å². The van der Waals surface area contributed by atoms with Crippen LogP contribution < -0.4 is 4.74 Å². The van der Waals surface area contributed by atoms with Gasteiger partial charge in [0.05, 0.1) is 18.3 Å². The van der Waals surface area contributed by atoms with Crippen LogP contribution in [0.4, 0.5) is 0 Å². The Morgan fingerprint density at radius 2 is 1.65 bits per heavy atom. The molecule has 0 radical (unpaired) electrons. The fourth-order valence-electron chi connectivity index (χ4n) is 4.81. The molecule has 0 saturated heterocycles. The Kier molecular flexibility index (Phi) is 9.96. The molecule has 5 nitrogen and oxygen atoms in total. The first kappa shape index (κ1) is 28.9. The Labute approximate surface area is 238 Å². The molecule has 3 aromatic carbocycles. The van der Waals surface area contributed by atoms with E-state index in [2.05, 4.69) is 97.7 Å². The van der Waals surface area contributed by atoms with Gasteiger partial charge in [0.2, 0.25) is 5.91 Å². The van der Waals surface area contributed by atoms with E-state index in [-0.39, 0.29) is 5.91 Å². The maximum absolute atomic E-state index is 11.6. The molecule has 0 aliphatic heterocycles. The van der Waals surface area contributed by atoms with Gasteiger partial charge in [-0.05, 0) is 95.3 Å². The smallest absolute Gasteiger partial charge is 0.245 e. The van der Waals surface area contributed by atoms with Crippen LogP contribution in [0.2, 0.25) is 0 Å². The molecule has 1 amide bonds. The van der Waals surface area contributed by atoms with Gasteiger partial charge in [0, 0.05) is 19.5 Å². The summed E-state index contributed by atoms with van der Waals surface area (Å²) in [5, 5.41) is 8.39. The molecule has 1 N–H and O–H groups in total. The van der Waals surface area contributed by atoms with E-state index in [0.717, 1.165) is 47.9 Å². The number of amides is 1. The summed E-state index contributed by atoms with van der Waals surface area (Å²) in [6, 6.07) is 24.0. The van der Waals surface area contributed by atoms with Crippen molar-refractivity contribution in [2.75, 3.05) is 20.7 Å².